The zero-order valence-electron chi connectivity index (χ0n) is 8.42. The van der Waals surface area contributed by atoms with Crippen molar-refractivity contribution in [3.63, 3.8) is 0 Å². The van der Waals surface area contributed by atoms with Gasteiger partial charge in [-0.05, 0) is 25.7 Å². The standard InChI is InChI=1S/C9H12F3NO3/c10-9(11,12)8(15)16-6-3-1-5(2-4-6)7(13)14/h5-6H,1-4H2,(H2,13,14). The molecule has 0 aromatic heterocycles. The molecule has 0 spiro atoms. The van der Waals surface area contributed by atoms with Crippen LogP contribution in [-0.4, -0.2) is 24.2 Å². The zero-order chi connectivity index (χ0) is 12.3. The molecule has 0 heterocycles. The molecule has 0 aromatic carbocycles. The molecule has 0 saturated heterocycles. The Morgan fingerprint density at radius 1 is 1.12 bits per heavy atom. The lowest BCUT2D eigenvalue weighted by Crippen LogP contribution is -2.34. The Labute approximate surface area is 89.9 Å². The lowest BCUT2D eigenvalue weighted by atomic mass is 9.87. The van der Waals surface area contributed by atoms with Crippen LogP contribution >= 0.6 is 0 Å². The van der Waals surface area contributed by atoms with Crippen LogP contribution < -0.4 is 5.73 Å². The molecule has 1 fully saturated rings. The Kier molecular flexibility index (Phi) is 3.77. The fourth-order valence-electron chi connectivity index (χ4n) is 1.68. The van der Waals surface area contributed by atoms with Crippen molar-refractivity contribution in [3.05, 3.63) is 0 Å². The third-order valence-corrected chi connectivity index (χ3v) is 2.58. The van der Waals surface area contributed by atoms with E-state index >= 15 is 0 Å². The van der Waals surface area contributed by atoms with Crippen molar-refractivity contribution in [1.29, 1.82) is 0 Å². The van der Waals surface area contributed by atoms with Crippen LogP contribution in [0.15, 0.2) is 0 Å². The second kappa shape index (κ2) is 4.71. The summed E-state index contributed by atoms with van der Waals surface area (Å²) in [5, 5.41) is 0. The summed E-state index contributed by atoms with van der Waals surface area (Å²) in [6.07, 6.45) is -4.49. The molecule has 1 aliphatic rings. The van der Waals surface area contributed by atoms with Crippen molar-refractivity contribution >= 4 is 11.9 Å². The maximum Gasteiger partial charge on any atom is 0.490 e. The van der Waals surface area contributed by atoms with Gasteiger partial charge in [0.1, 0.15) is 6.10 Å². The van der Waals surface area contributed by atoms with Gasteiger partial charge < -0.3 is 10.5 Å². The monoisotopic (exact) mass is 239 g/mol. The highest BCUT2D eigenvalue weighted by molar-refractivity contribution is 5.77. The predicted octanol–water partition coefficient (Wildman–Crippen LogP) is 1.14. The Hall–Kier alpha value is -1.27. The van der Waals surface area contributed by atoms with Crippen molar-refractivity contribution in [3.8, 4) is 0 Å². The summed E-state index contributed by atoms with van der Waals surface area (Å²) in [6.45, 7) is 0. The predicted molar refractivity (Wildman–Crippen MR) is 47.1 cm³/mol. The number of alkyl halides is 3. The minimum Gasteiger partial charge on any atom is -0.456 e. The lowest BCUT2D eigenvalue weighted by molar-refractivity contribution is -0.206. The van der Waals surface area contributed by atoms with Crippen LogP contribution in [0.2, 0.25) is 0 Å². The first kappa shape index (κ1) is 12.8. The number of nitrogens with two attached hydrogens (primary N) is 1. The van der Waals surface area contributed by atoms with Gasteiger partial charge in [0.25, 0.3) is 0 Å². The van der Waals surface area contributed by atoms with Gasteiger partial charge in [-0.15, -0.1) is 0 Å². The van der Waals surface area contributed by atoms with E-state index in [2.05, 4.69) is 4.74 Å². The second-order valence-corrected chi connectivity index (χ2v) is 3.78. The van der Waals surface area contributed by atoms with E-state index < -0.39 is 24.2 Å². The highest BCUT2D eigenvalue weighted by Crippen LogP contribution is 2.28. The van der Waals surface area contributed by atoms with E-state index in [0.29, 0.717) is 12.8 Å². The van der Waals surface area contributed by atoms with E-state index in [9.17, 15) is 22.8 Å². The molecule has 1 amide bonds. The Bertz CT molecular complexity index is 282. The molecule has 1 saturated carbocycles. The number of hydrogen-bond acceptors (Lipinski definition) is 3. The summed E-state index contributed by atoms with van der Waals surface area (Å²) < 4.78 is 39.8. The SMILES string of the molecule is NC(=O)C1CCC(OC(=O)C(F)(F)F)CC1. The number of hydrogen-bond donors (Lipinski definition) is 1. The highest BCUT2D eigenvalue weighted by atomic mass is 19.4. The number of esters is 1. The largest absolute Gasteiger partial charge is 0.490 e. The first-order chi connectivity index (χ1) is 7.30. The second-order valence-electron chi connectivity index (χ2n) is 3.78. The number of rotatable bonds is 2. The van der Waals surface area contributed by atoms with Gasteiger partial charge in [0.15, 0.2) is 0 Å². The number of carbonyl (C=O) groups excluding carboxylic acids is 2. The average molecular weight is 239 g/mol. The van der Waals surface area contributed by atoms with Gasteiger partial charge in [-0.2, -0.15) is 13.2 Å². The molecule has 0 atom stereocenters. The zero-order valence-corrected chi connectivity index (χ0v) is 8.42. The van der Waals surface area contributed by atoms with E-state index in [0.717, 1.165) is 0 Å². The van der Waals surface area contributed by atoms with E-state index in [-0.39, 0.29) is 18.8 Å². The molecule has 7 heteroatoms. The Morgan fingerprint density at radius 3 is 2.00 bits per heavy atom. The quantitative estimate of drug-likeness (QED) is 0.734. The Balaban J connectivity index is 2.38. The van der Waals surface area contributed by atoms with Gasteiger partial charge in [0.2, 0.25) is 5.91 Å². The molecule has 16 heavy (non-hydrogen) atoms. The summed E-state index contributed by atoms with van der Waals surface area (Å²) in [6, 6.07) is 0. The molecule has 0 aromatic rings. The van der Waals surface area contributed by atoms with Gasteiger partial charge >= 0.3 is 12.1 Å². The fourth-order valence-corrected chi connectivity index (χ4v) is 1.68. The first-order valence-corrected chi connectivity index (χ1v) is 4.88. The van der Waals surface area contributed by atoms with E-state index in [1.54, 1.807) is 0 Å². The number of ether oxygens (including phenoxy) is 1. The summed E-state index contributed by atoms with van der Waals surface area (Å²) in [5.41, 5.74) is 5.06. The van der Waals surface area contributed by atoms with E-state index in [4.69, 9.17) is 5.73 Å². The van der Waals surface area contributed by atoms with Crippen LogP contribution in [0.5, 0.6) is 0 Å². The molecular formula is C9H12F3NO3. The van der Waals surface area contributed by atoms with Crippen molar-refractivity contribution in [1.82, 2.24) is 0 Å². The highest BCUT2D eigenvalue weighted by Gasteiger charge is 2.42. The normalized spacial score (nSPS) is 26.2. The van der Waals surface area contributed by atoms with Crippen molar-refractivity contribution < 1.29 is 27.5 Å². The minimum absolute atomic E-state index is 0.245. The molecule has 0 unspecified atom stereocenters. The van der Waals surface area contributed by atoms with E-state index in [1.165, 1.54) is 0 Å². The summed E-state index contributed by atoms with van der Waals surface area (Å²) >= 11 is 0. The van der Waals surface area contributed by atoms with Crippen LogP contribution in [0.3, 0.4) is 0 Å². The van der Waals surface area contributed by atoms with Crippen LogP contribution in [0.25, 0.3) is 0 Å². The molecule has 1 aliphatic carbocycles. The summed E-state index contributed by atoms with van der Waals surface area (Å²) in [4.78, 5) is 21.3. The van der Waals surface area contributed by atoms with Crippen LogP contribution in [0.1, 0.15) is 25.7 Å². The number of halogens is 3. The average Bonchev–Trinajstić information content (AvgIpc) is 2.17. The molecule has 0 bridgehead atoms. The number of amides is 1. The third kappa shape index (κ3) is 3.39. The molecule has 0 aliphatic heterocycles. The lowest BCUT2D eigenvalue weighted by Gasteiger charge is -2.26. The molecule has 2 N–H and O–H groups in total. The summed E-state index contributed by atoms with van der Waals surface area (Å²) in [5.74, 6) is -2.95. The van der Waals surface area contributed by atoms with Gasteiger partial charge in [0, 0.05) is 5.92 Å². The van der Waals surface area contributed by atoms with Crippen molar-refractivity contribution in [2.45, 2.75) is 38.0 Å². The van der Waals surface area contributed by atoms with Gasteiger partial charge in [0.05, 0.1) is 0 Å². The maximum atomic E-state index is 11.9. The Morgan fingerprint density at radius 2 is 1.62 bits per heavy atom. The number of carbonyl (C=O) groups is 2. The first-order valence-electron chi connectivity index (χ1n) is 4.88. The van der Waals surface area contributed by atoms with Crippen LogP contribution in [0, 0.1) is 5.92 Å². The van der Waals surface area contributed by atoms with E-state index in [1.807, 2.05) is 0 Å². The fraction of sp³-hybridized carbons (Fsp3) is 0.778. The molecule has 92 valence electrons. The van der Waals surface area contributed by atoms with Gasteiger partial charge in [-0.1, -0.05) is 0 Å². The van der Waals surface area contributed by atoms with Gasteiger partial charge in [-0.3, -0.25) is 4.79 Å². The third-order valence-electron chi connectivity index (χ3n) is 2.58. The van der Waals surface area contributed by atoms with Crippen molar-refractivity contribution in [2.24, 2.45) is 11.7 Å². The van der Waals surface area contributed by atoms with Gasteiger partial charge in [-0.25, -0.2) is 4.79 Å². The summed E-state index contributed by atoms with van der Waals surface area (Å²) in [7, 11) is 0. The molecular weight excluding hydrogens is 227 g/mol. The smallest absolute Gasteiger partial charge is 0.456 e. The minimum atomic E-state index is -4.96. The molecule has 0 radical (unpaired) electrons. The van der Waals surface area contributed by atoms with Crippen LogP contribution in [0.4, 0.5) is 13.2 Å². The van der Waals surface area contributed by atoms with Crippen molar-refractivity contribution in [2.75, 3.05) is 0 Å². The maximum absolute atomic E-state index is 11.9. The molecule has 4 nitrogen and oxygen atoms in total. The van der Waals surface area contributed by atoms with Crippen LogP contribution in [-0.2, 0) is 14.3 Å². The topological polar surface area (TPSA) is 69.4 Å². The number of primary amides is 1. The molecule has 1 rings (SSSR count).